The molecule has 3 N–H and O–H groups in total. The topological polar surface area (TPSA) is 106 Å². The number of ether oxygens (including phenoxy) is 1. The van der Waals surface area contributed by atoms with Gasteiger partial charge in [-0.3, -0.25) is 9.59 Å². The zero-order chi connectivity index (χ0) is 31.5. The Kier molecular flexibility index (Phi) is 8.37. The van der Waals surface area contributed by atoms with Crippen LogP contribution in [0.15, 0.2) is 91.0 Å². The molecule has 0 spiro atoms. The number of aromatic amines is 1. The summed E-state index contributed by atoms with van der Waals surface area (Å²) in [5.41, 5.74) is 7.29. The first-order valence-corrected chi connectivity index (χ1v) is 15.7. The molecule has 2 aliphatic rings. The summed E-state index contributed by atoms with van der Waals surface area (Å²) >= 11 is 0. The van der Waals surface area contributed by atoms with E-state index in [1.165, 1.54) is 5.69 Å². The zero-order valence-electron chi connectivity index (χ0n) is 25.8. The van der Waals surface area contributed by atoms with Gasteiger partial charge in [-0.25, -0.2) is 4.98 Å². The molecular formula is C36H37N7O3. The summed E-state index contributed by atoms with van der Waals surface area (Å²) < 4.78 is 5.43. The van der Waals surface area contributed by atoms with Crippen molar-refractivity contribution in [3.8, 4) is 11.4 Å². The number of aromatic nitrogens is 2. The Balaban J connectivity index is 0.970. The Morgan fingerprint density at radius 3 is 1.87 bits per heavy atom. The number of carbonyl (C=O) groups is 2. The van der Waals surface area contributed by atoms with E-state index in [0.29, 0.717) is 22.6 Å². The summed E-state index contributed by atoms with van der Waals surface area (Å²) in [6.07, 6.45) is 0. The highest BCUT2D eigenvalue weighted by Gasteiger charge is 2.16. The van der Waals surface area contributed by atoms with Crippen molar-refractivity contribution in [2.45, 2.75) is 0 Å². The third kappa shape index (κ3) is 6.58. The Labute approximate surface area is 268 Å². The molecule has 2 amide bonds. The van der Waals surface area contributed by atoms with Gasteiger partial charge in [-0.2, -0.15) is 0 Å². The van der Waals surface area contributed by atoms with Crippen LogP contribution in [0.25, 0.3) is 22.4 Å². The lowest BCUT2D eigenvalue weighted by Crippen LogP contribution is -2.44. The maximum absolute atomic E-state index is 13.0. The Morgan fingerprint density at radius 1 is 0.674 bits per heavy atom. The lowest BCUT2D eigenvalue weighted by atomic mass is 10.1. The molecule has 3 heterocycles. The third-order valence-electron chi connectivity index (χ3n) is 8.66. The largest absolute Gasteiger partial charge is 0.378 e. The number of H-pyrrole nitrogens is 1. The number of anilines is 4. The number of imidazole rings is 1. The summed E-state index contributed by atoms with van der Waals surface area (Å²) in [6.45, 7) is 7.24. The average Bonchev–Trinajstić information content (AvgIpc) is 3.53. The van der Waals surface area contributed by atoms with E-state index in [9.17, 15) is 9.59 Å². The molecule has 5 aromatic rings. The first-order valence-electron chi connectivity index (χ1n) is 15.7. The molecular weight excluding hydrogens is 578 g/mol. The first-order chi connectivity index (χ1) is 22.5. The molecule has 1 aromatic heterocycles. The van der Waals surface area contributed by atoms with E-state index in [2.05, 4.69) is 49.5 Å². The van der Waals surface area contributed by atoms with Crippen LogP contribution in [-0.2, 0) is 4.74 Å². The molecule has 10 nitrogen and oxygen atoms in total. The van der Waals surface area contributed by atoms with Crippen molar-refractivity contribution < 1.29 is 14.3 Å². The highest BCUT2D eigenvalue weighted by molar-refractivity contribution is 6.05. The smallest absolute Gasteiger partial charge is 0.255 e. The number of carbonyl (C=O) groups excluding carboxylic acids is 2. The lowest BCUT2D eigenvalue weighted by molar-refractivity contribution is 0.101. The fourth-order valence-corrected chi connectivity index (χ4v) is 5.88. The van der Waals surface area contributed by atoms with E-state index in [0.717, 1.165) is 80.5 Å². The van der Waals surface area contributed by atoms with Gasteiger partial charge in [0.2, 0.25) is 0 Å². The van der Waals surface area contributed by atoms with Gasteiger partial charge < -0.3 is 35.1 Å². The van der Waals surface area contributed by atoms with Crippen LogP contribution < -0.4 is 20.4 Å². The van der Waals surface area contributed by atoms with Gasteiger partial charge in [-0.1, -0.05) is 12.1 Å². The molecule has 0 unspecified atom stereocenters. The summed E-state index contributed by atoms with van der Waals surface area (Å²) in [4.78, 5) is 40.9. The number of hydrogen-bond donors (Lipinski definition) is 3. The van der Waals surface area contributed by atoms with Crippen molar-refractivity contribution in [1.29, 1.82) is 0 Å². The van der Waals surface area contributed by atoms with Crippen LogP contribution in [-0.4, -0.2) is 86.2 Å². The van der Waals surface area contributed by atoms with E-state index < -0.39 is 0 Å². The molecule has 0 aliphatic carbocycles. The number of amides is 2. The van der Waals surface area contributed by atoms with Crippen molar-refractivity contribution in [3.63, 3.8) is 0 Å². The maximum Gasteiger partial charge on any atom is 0.255 e. The second-order valence-corrected chi connectivity index (χ2v) is 11.8. The van der Waals surface area contributed by atoms with Crippen molar-refractivity contribution in [2.75, 3.05) is 80.0 Å². The van der Waals surface area contributed by atoms with Crippen LogP contribution in [0.2, 0.25) is 0 Å². The van der Waals surface area contributed by atoms with Gasteiger partial charge in [0.05, 0.1) is 24.2 Å². The molecule has 0 saturated carbocycles. The van der Waals surface area contributed by atoms with Crippen LogP contribution >= 0.6 is 0 Å². The standard InChI is InChI=1S/C36H37N7O3/c1-41-16-18-42(19-17-41)31-13-8-28(9-14-31)37-35(44)26-4-2-25(3-5-26)34-39-32-15-10-29(24-33(32)40-34)38-36(45)27-6-11-30(12-7-27)43-20-22-46-23-21-43/h2-15,24H,16-23H2,1H3,(H,37,44)(H,38,45)(H,39,40). The number of likely N-dealkylation sites (N-methyl/N-ethyl adjacent to an activating group) is 1. The van der Waals surface area contributed by atoms with E-state index in [1.54, 1.807) is 12.1 Å². The predicted molar refractivity (Wildman–Crippen MR) is 183 cm³/mol. The van der Waals surface area contributed by atoms with Crippen molar-refractivity contribution >= 4 is 45.6 Å². The van der Waals surface area contributed by atoms with E-state index in [-0.39, 0.29) is 11.8 Å². The minimum Gasteiger partial charge on any atom is -0.378 e. The minimum atomic E-state index is -0.174. The van der Waals surface area contributed by atoms with Gasteiger partial charge in [0.1, 0.15) is 5.82 Å². The number of nitrogens with zero attached hydrogens (tertiary/aromatic N) is 4. The molecule has 4 aromatic carbocycles. The molecule has 10 heteroatoms. The van der Waals surface area contributed by atoms with Crippen molar-refractivity contribution in [2.24, 2.45) is 0 Å². The minimum absolute atomic E-state index is 0.167. The number of morpholine rings is 1. The molecule has 2 fully saturated rings. The molecule has 234 valence electrons. The number of hydrogen-bond acceptors (Lipinski definition) is 7. The van der Waals surface area contributed by atoms with Gasteiger partial charge in [-0.15, -0.1) is 0 Å². The Hall–Kier alpha value is -5.19. The van der Waals surface area contributed by atoms with Crippen LogP contribution in [0.1, 0.15) is 20.7 Å². The molecule has 2 aliphatic heterocycles. The Bertz CT molecular complexity index is 1820. The number of piperazine rings is 1. The van der Waals surface area contributed by atoms with Gasteiger partial charge in [0.25, 0.3) is 11.8 Å². The monoisotopic (exact) mass is 615 g/mol. The van der Waals surface area contributed by atoms with Crippen LogP contribution in [0.5, 0.6) is 0 Å². The van der Waals surface area contributed by atoms with Crippen LogP contribution in [0, 0.1) is 0 Å². The molecule has 0 radical (unpaired) electrons. The summed E-state index contributed by atoms with van der Waals surface area (Å²) in [6, 6.07) is 28.6. The number of benzene rings is 4. The second-order valence-electron chi connectivity index (χ2n) is 11.8. The Morgan fingerprint density at radius 2 is 1.22 bits per heavy atom. The van der Waals surface area contributed by atoms with Crippen LogP contribution in [0.3, 0.4) is 0 Å². The fraction of sp³-hybridized carbons (Fsp3) is 0.250. The van der Waals surface area contributed by atoms with Crippen LogP contribution in [0.4, 0.5) is 22.7 Å². The number of rotatable bonds is 7. The van der Waals surface area contributed by atoms with Gasteiger partial charge in [0, 0.05) is 78.7 Å². The molecule has 0 atom stereocenters. The van der Waals surface area contributed by atoms with E-state index in [1.807, 2.05) is 66.7 Å². The van der Waals surface area contributed by atoms with Crippen molar-refractivity contribution in [1.82, 2.24) is 14.9 Å². The second kappa shape index (κ2) is 13.0. The van der Waals surface area contributed by atoms with Crippen molar-refractivity contribution in [3.05, 3.63) is 102 Å². The zero-order valence-corrected chi connectivity index (χ0v) is 25.8. The summed E-state index contributed by atoms with van der Waals surface area (Å²) in [5.74, 6) is 0.343. The quantitative estimate of drug-likeness (QED) is 0.228. The molecule has 46 heavy (non-hydrogen) atoms. The molecule has 7 rings (SSSR count). The van der Waals surface area contributed by atoms with Gasteiger partial charge in [-0.05, 0) is 85.9 Å². The molecule has 0 bridgehead atoms. The first kappa shape index (κ1) is 29.5. The fourth-order valence-electron chi connectivity index (χ4n) is 5.88. The number of nitrogens with one attached hydrogen (secondary N) is 3. The lowest BCUT2D eigenvalue weighted by Gasteiger charge is -2.34. The van der Waals surface area contributed by atoms with Gasteiger partial charge in [0.15, 0.2) is 0 Å². The predicted octanol–water partition coefficient (Wildman–Crippen LogP) is 5.32. The molecule has 2 saturated heterocycles. The third-order valence-corrected chi connectivity index (χ3v) is 8.66. The SMILES string of the molecule is CN1CCN(c2ccc(NC(=O)c3ccc(-c4nc5ccc(NC(=O)c6ccc(N7CCOCC7)cc6)cc5[nH]4)cc3)cc2)CC1. The van der Waals surface area contributed by atoms with E-state index >= 15 is 0 Å². The number of fused-ring (bicyclic) bond motifs is 1. The summed E-state index contributed by atoms with van der Waals surface area (Å²) in [7, 11) is 2.14. The average molecular weight is 616 g/mol. The highest BCUT2D eigenvalue weighted by Crippen LogP contribution is 2.25. The van der Waals surface area contributed by atoms with Gasteiger partial charge >= 0.3 is 0 Å². The normalized spacial score (nSPS) is 15.6. The highest BCUT2D eigenvalue weighted by atomic mass is 16.5. The van der Waals surface area contributed by atoms with E-state index in [4.69, 9.17) is 9.72 Å². The maximum atomic E-state index is 13.0. The summed E-state index contributed by atoms with van der Waals surface area (Å²) in [5, 5.41) is 5.99.